The maximum Gasteiger partial charge on any atom is 0.322 e. The zero-order chi connectivity index (χ0) is 65.5. The van der Waals surface area contributed by atoms with E-state index in [-0.39, 0.29) is 57.2 Å². The van der Waals surface area contributed by atoms with Crippen molar-refractivity contribution in [2.24, 2.45) is 5.41 Å². The Bertz CT molecular complexity index is 3450. The molecule has 2 atom stereocenters. The fourth-order valence-electron chi connectivity index (χ4n) is 8.91. The van der Waals surface area contributed by atoms with Crippen LogP contribution in [0.1, 0.15) is 93.9 Å². The molecule has 494 valence electrons. The van der Waals surface area contributed by atoms with E-state index < -0.39 is 23.7 Å². The topological polar surface area (TPSA) is 281 Å². The molecule has 0 fully saturated rings. The SMILES string of the molecule is COC(=O)[C@H](CCC(C)(C)C)NCc1ccc(Oc2cccc(OCC(=O)NCCOCCOCCOCCOCCOCCOCc3cn(CCCCCOc4ncc(-c5nc6c(N[C@H](C)c7cc(C#N)ccc7F)c(Cl)c(C)nc6cc5F)cn4)nn3)c2)nc1. The number of aromatic nitrogens is 8. The van der Waals surface area contributed by atoms with E-state index in [1.54, 1.807) is 55.1 Å². The van der Waals surface area contributed by atoms with Crippen LogP contribution in [0.15, 0.2) is 85.5 Å². The second-order valence-corrected chi connectivity index (χ2v) is 22.7. The quantitative estimate of drug-likeness (QED) is 0.0237. The number of ether oxygens (including phenoxy) is 10. The van der Waals surface area contributed by atoms with Gasteiger partial charge in [0.2, 0.25) is 5.88 Å². The third-order valence-electron chi connectivity index (χ3n) is 13.8. The fraction of sp³-hybridized carbons (Fsp3) is 0.477. The summed E-state index contributed by atoms with van der Waals surface area (Å²) in [5.74, 6) is -0.386. The number of halogens is 3. The first-order chi connectivity index (χ1) is 44.5. The average molecular weight is 1300 g/mol. The van der Waals surface area contributed by atoms with Crippen molar-refractivity contribution < 1.29 is 65.7 Å². The minimum atomic E-state index is -0.645. The first-order valence-corrected chi connectivity index (χ1v) is 30.8. The number of esters is 1. The Morgan fingerprint density at radius 2 is 1.47 bits per heavy atom. The number of hydrogen-bond acceptors (Lipinski definition) is 22. The number of aryl methyl sites for hydroxylation is 2. The number of carbonyl (C=O) groups is 2. The largest absolute Gasteiger partial charge is 0.484 e. The Morgan fingerprint density at radius 3 is 2.14 bits per heavy atom. The van der Waals surface area contributed by atoms with Gasteiger partial charge < -0.3 is 63.3 Å². The van der Waals surface area contributed by atoms with E-state index in [0.717, 1.165) is 31.2 Å². The number of rotatable bonds is 42. The molecular formula is C65H81ClF2N12O12. The molecule has 27 heteroatoms. The third-order valence-corrected chi connectivity index (χ3v) is 14.3. The first kappa shape index (κ1) is 71.3. The molecule has 5 heterocycles. The lowest BCUT2D eigenvalue weighted by Crippen LogP contribution is -2.38. The van der Waals surface area contributed by atoms with Gasteiger partial charge in [-0.1, -0.05) is 49.7 Å². The van der Waals surface area contributed by atoms with Crippen molar-refractivity contribution in [3.63, 3.8) is 0 Å². The van der Waals surface area contributed by atoms with Gasteiger partial charge in [0.25, 0.3) is 5.91 Å². The Morgan fingerprint density at radius 1 is 0.772 bits per heavy atom. The molecule has 0 bridgehead atoms. The van der Waals surface area contributed by atoms with Gasteiger partial charge in [-0.3, -0.25) is 14.3 Å². The van der Waals surface area contributed by atoms with E-state index in [1.807, 2.05) is 18.3 Å². The molecule has 7 aromatic rings. The lowest BCUT2D eigenvalue weighted by Gasteiger charge is -2.22. The molecule has 0 unspecified atom stereocenters. The highest BCUT2D eigenvalue weighted by Crippen LogP contribution is 2.37. The van der Waals surface area contributed by atoms with Crippen LogP contribution in [0.4, 0.5) is 14.5 Å². The molecule has 92 heavy (non-hydrogen) atoms. The molecule has 0 aliphatic carbocycles. The van der Waals surface area contributed by atoms with E-state index in [2.05, 4.69) is 72.0 Å². The van der Waals surface area contributed by atoms with Crippen molar-refractivity contribution in [1.82, 2.24) is 50.5 Å². The number of benzene rings is 2. The summed E-state index contributed by atoms with van der Waals surface area (Å²) in [5.41, 5.74) is 3.79. The van der Waals surface area contributed by atoms with E-state index in [0.29, 0.717) is 158 Å². The Kier molecular flexibility index (Phi) is 29.5. The molecule has 0 radical (unpaired) electrons. The summed E-state index contributed by atoms with van der Waals surface area (Å²) in [4.78, 5) is 46.6. The third kappa shape index (κ3) is 24.5. The summed E-state index contributed by atoms with van der Waals surface area (Å²) in [6, 6.07) is 17.0. The number of pyridine rings is 3. The lowest BCUT2D eigenvalue weighted by molar-refractivity contribution is -0.143. The van der Waals surface area contributed by atoms with Gasteiger partial charge in [0, 0.05) is 67.6 Å². The highest BCUT2D eigenvalue weighted by Gasteiger charge is 2.24. The minimum absolute atomic E-state index is 0.0321. The zero-order valence-electron chi connectivity index (χ0n) is 52.9. The predicted molar refractivity (Wildman–Crippen MR) is 337 cm³/mol. The van der Waals surface area contributed by atoms with Gasteiger partial charge in [-0.2, -0.15) is 5.26 Å². The summed E-state index contributed by atoms with van der Waals surface area (Å²) in [7, 11) is 1.39. The second kappa shape index (κ2) is 38.0. The van der Waals surface area contributed by atoms with E-state index >= 15 is 4.39 Å². The van der Waals surface area contributed by atoms with Crippen molar-refractivity contribution in [3.8, 4) is 40.7 Å². The van der Waals surface area contributed by atoms with Gasteiger partial charge in [0.1, 0.15) is 40.3 Å². The van der Waals surface area contributed by atoms with Crippen LogP contribution in [0.2, 0.25) is 5.02 Å². The number of carbonyl (C=O) groups excluding carboxylic acids is 2. The summed E-state index contributed by atoms with van der Waals surface area (Å²) in [6.07, 6.45) is 10.3. The van der Waals surface area contributed by atoms with Crippen LogP contribution in [-0.2, 0) is 62.4 Å². The van der Waals surface area contributed by atoms with Gasteiger partial charge in [-0.25, -0.2) is 33.7 Å². The van der Waals surface area contributed by atoms with Crippen LogP contribution >= 0.6 is 11.6 Å². The number of anilines is 1. The van der Waals surface area contributed by atoms with E-state index in [9.17, 15) is 19.2 Å². The van der Waals surface area contributed by atoms with Crippen LogP contribution < -0.4 is 30.2 Å². The number of fused-ring (bicyclic) bond motifs is 1. The summed E-state index contributed by atoms with van der Waals surface area (Å²) >= 11 is 6.69. The number of methoxy groups -OCH3 is 1. The molecule has 0 aliphatic rings. The molecule has 5 aromatic heterocycles. The van der Waals surface area contributed by atoms with Crippen molar-refractivity contribution in [1.29, 1.82) is 5.26 Å². The molecule has 7 rings (SSSR count). The molecule has 24 nitrogen and oxygen atoms in total. The van der Waals surface area contributed by atoms with Gasteiger partial charge in [-0.05, 0) is 87.3 Å². The summed E-state index contributed by atoms with van der Waals surface area (Å²) in [5, 5.41) is 27.2. The van der Waals surface area contributed by atoms with Gasteiger partial charge >= 0.3 is 12.0 Å². The van der Waals surface area contributed by atoms with Gasteiger partial charge in [-0.15, -0.1) is 5.10 Å². The van der Waals surface area contributed by atoms with Crippen LogP contribution in [-0.4, -0.2) is 157 Å². The number of nitrogens with one attached hydrogen (secondary N) is 3. The molecule has 1 amide bonds. The molecule has 0 spiro atoms. The lowest BCUT2D eigenvalue weighted by atomic mass is 9.88. The second-order valence-electron chi connectivity index (χ2n) is 22.3. The Hall–Kier alpha value is -8.13. The Balaban J connectivity index is 0.632. The molecule has 0 aliphatic heterocycles. The smallest absolute Gasteiger partial charge is 0.322 e. The minimum Gasteiger partial charge on any atom is -0.484 e. The van der Waals surface area contributed by atoms with Crippen LogP contribution in [0.3, 0.4) is 0 Å². The van der Waals surface area contributed by atoms with Gasteiger partial charge in [0.05, 0.1) is 139 Å². The molecule has 0 saturated heterocycles. The van der Waals surface area contributed by atoms with Crippen molar-refractivity contribution in [2.45, 2.75) is 98.5 Å². The Labute approximate surface area is 539 Å². The van der Waals surface area contributed by atoms with Gasteiger partial charge in [0.15, 0.2) is 12.4 Å². The number of nitriles is 1. The number of unbranched alkanes of at least 4 members (excludes halogenated alkanes) is 2. The molecular weight excluding hydrogens is 1210 g/mol. The van der Waals surface area contributed by atoms with E-state index in [1.165, 1.54) is 43.8 Å². The average Bonchev–Trinajstić information content (AvgIpc) is 0.854. The number of hydrogen-bond donors (Lipinski definition) is 3. The first-order valence-electron chi connectivity index (χ1n) is 30.4. The monoisotopic (exact) mass is 1290 g/mol. The number of amides is 1. The fourth-order valence-corrected chi connectivity index (χ4v) is 9.09. The zero-order valence-corrected chi connectivity index (χ0v) is 53.6. The normalized spacial score (nSPS) is 12.1. The van der Waals surface area contributed by atoms with Crippen LogP contribution in [0, 0.1) is 35.3 Å². The highest BCUT2D eigenvalue weighted by atomic mass is 35.5. The predicted octanol–water partition coefficient (Wildman–Crippen LogP) is 9.65. The molecule has 3 N–H and O–H groups in total. The standard InChI is InChI=1S/C65H81ClF2N12O12/c1-44(52-33-46(36-69)13-15-53(52)67)76-62-59(66)45(2)75-56-35-54(68)60(77-61(56)62)48-39-73-64(74-40-48)90-21-9-7-8-20-80-41-49(78-79-80)42-89-32-31-88-30-29-87-28-27-86-26-25-85-24-23-84-22-19-70-57(81)43-91-50-11-10-12-51(34-50)92-58-16-14-47(38-72-58)37-71-55(63(82)83-6)17-18-65(3,4)5/h10-16,33-35,38-41,44,55,71H,7-9,17-32,37,42-43H2,1-6H3,(H,70,81)(H,75,76)/t44-,55+/m1/s1. The van der Waals surface area contributed by atoms with E-state index in [4.69, 9.17) is 59.0 Å². The summed E-state index contributed by atoms with van der Waals surface area (Å²) in [6.45, 7) is 16.1. The summed E-state index contributed by atoms with van der Waals surface area (Å²) < 4.78 is 87.9. The number of nitrogens with zero attached hydrogens (tertiary/aromatic N) is 9. The molecule has 0 saturated carbocycles. The maximum absolute atomic E-state index is 15.5. The van der Waals surface area contributed by atoms with Crippen LogP contribution in [0.25, 0.3) is 22.3 Å². The van der Waals surface area contributed by atoms with Crippen molar-refractivity contribution >= 4 is 40.2 Å². The van der Waals surface area contributed by atoms with Crippen molar-refractivity contribution in [3.05, 3.63) is 130 Å². The van der Waals surface area contributed by atoms with Crippen molar-refractivity contribution in [2.75, 3.05) is 105 Å². The molecule has 2 aromatic carbocycles. The van der Waals surface area contributed by atoms with Crippen LogP contribution in [0.5, 0.6) is 23.4 Å². The maximum atomic E-state index is 15.5. The highest BCUT2D eigenvalue weighted by molar-refractivity contribution is 6.35.